The number of aromatic nitrogens is 1. The molecule has 5 nitrogen and oxygen atoms in total. The van der Waals surface area contributed by atoms with Crippen LogP contribution in [-0.4, -0.2) is 35.6 Å². The highest BCUT2D eigenvalue weighted by Crippen LogP contribution is 2.35. The third-order valence-corrected chi connectivity index (χ3v) is 5.71. The topological polar surface area (TPSA) is 58.4 Å². The molecule has 28 heavy (non-hydrogen) atoms. The van der Waals surface area contributed by atoms with Crippen molar-refractivity contribution in [3.63, 3.8) is 0 Å². The van der Waals surface area contributed by atoms with Gasteiger partial charge in [-0.25, -0.2) is 0 Å². The molecule has 2 heterocycles. The zero-order valence-corrected chi connectivity index (χ0v) is 15.9. The summed E-state index contributed by atoms with van der Waals surface area (Å²) in [6.45, 7) is 3.58. The molecule has 4 rings (SSSR count). The SMILES string of the molecule is O=C(NCC1(c2ccccc2)CCN(Cc2ccccc2)CC1)c1ccon1. The molecule has 3 aromatic rings. The van der Waals surface area contributed by atoms with Crippen LogP contribution < -0.4 is 5.32 Å². The lowest BCUT2D eigenvalue weighted by Crippen LogP contribution is -2.48. The number of nitrogens with one attached hydrogen (secondary N) is 1. The van der Waals surface area contributed by atoms with Crippen molar-refractivity contribution in [2.24, 2.45) is 0 Å². The maximum absolute atomic E-state index is 12.4. The van der Waals surface area contributed by atoms with Gasteiger partial charge in [0.15, 0.2) is 5.69 Å². The van der Waals surface area contributed by atoms with Gasteiger partial charge in [-0.3, -0.25) is 9.69 Å². The molecule has 1 fully saturated rings. The maximum atomic E-state index is 12.4. The highest BCUT2D eigenvalue weighted by Gasteiger charge is 2.36. The Labute approximate surface area is 165 Å². The molecule has 0 aliphatic carbocycles. The van der Waals surface area contributed by atoms with E-state index >= 15 is 0 Å². The van der Waals surface area contributed by atoms with Crippen LogP contribution >= 0.6 is 0 Å². The average molecular weight is 375 g/mol. The van der Waals surface area contributed by atoms with Gasteiger partial charge in [0.05, 0.1) is 0 Å². The van der Waals surface area contributed by atoms with Crippen molar-refractivity contribution in [1.82, 2.24) is 15.4 Å². The van der Waals surface area contributed by atoms with Crippen molar-refractivity contribution in [2.75, 3.05) is 19.6 Å². The molecule has 0 radical (unpaired) electrons. The summed E-state index contributed by atoms with van der Waals surface area (Å²) in [5.74, 6) is -0.184. The van der Waals surface area contributed by atoms with Gasteiger partial charge in [-0.1, -0.05) is 65.8 Å². The van der Waals surface area contributed by atoms with Crippen molar-refractivity contribution >= 4 is 5.91 Å². The smallest absolute Gasteiger partial charge is 0.273 e. The van der Waals surface area contributed by atoms with Crippen LogP contribution in [0.2, 0.25) is 0 Å². The lowest BCUT2D eigenvalue weighted by molar-refractivity contribution is 0.0910. The Morgan fingerprint density at radius 2 is 1.68 bits per heavy atom. The zero-order chi connectivity index (χ0) is 19.2. The number of benzene rings is 2. The minimum atomic E-state index is -0.184. The normalized spacial score (nSPS) is 16.6. The van der Waals surface area contributed by atoms with Crippen molar-refractivity contribution in [1.29, 1.82) is 0 Å². The highest BCUT2D eigenvalue weighted by atomic mass is 16.5. The molecule has 1 saturated heterocycles. The second-order valence-electron chi connectivity index (χ2n) is 7.48. The van der Waals surface area contributed by atoms with E-state index in [1.165, 1.54) is 17.4 Å². The predicted molar refractivity (Wildman–Crippen MR) is 108 cm³/mol. The van der Waals surface area contributed by atoms with Crippen molar-refractivity contribution in [3.05, 3.63) is 89.8 Å². The molecule has 144 valence electrons. The van der Waals surface area contributed by atoms with Gasteiger partial charge in [0.25, 0.3) is 5.91 Å². The molecule has 0 bridgehead atoms. The minimum Gasteiger partial charge on any atom is -0.364 e. The number of piperidine rings is 1. The Balaban J connectivity index is 1.45. The number of hydrogen-bond acceptors (Lipinski definition) is 4. The highest BCUT2D eigenvalue weighted by molar-refractivity contribution is 5.92. The van der Waals surface area contributed by atoms with Gasteiger partial charge in [-0.05, 0) is 37.1 Å². The summed E-state index contributed by atoms with van der Waals surface area (Å²) < 4.78 is 4.79. The molecule has 0 saturated carbocycles. The second-order valence-corrected chi connectivity index (χ2v) is 7.48. The average Bonchev–Trinajstić information content (AvgIpc) is 3.30. The third kappa shape index (κ3) is 4.15. The molecule has 0 unspecified atom stereocenters. The van der Waals surface area contributed by atoms with Crippen LogP contribution in [0, 0.1) is 0 Å². The van der Waals surface area contributed by atoms with E-state index in [2.05, 4.69) is 70.0 Å². The van der Waals surface area contributed by atoms with E-state index in [4.69, 9.17) is 4.52 Å². The zero-order valence-electron chi connectivity index (χ0n) is 15.9. The van der Waals surface area contributed by atoms with Gasteiger partial charge in [-0.2, -0.15) is 0 Å². The van der Waals surface area contributed by atoms with Gasteiger partial charge in [0.2, 0.25) is 0 Å². The molecule has 1 amide bonds. The van der Waals surface area contributed by atoms with Gasteiger partial charge in [0, 0.05) is 24.6 Å². The van der Waals surface area contributed by atoms with Crippen molar-refractivity contribution in [3.8, 4) is 0 Å². The minimum absolute atomic E-state index is 0.0617. The van der Waals surface area contributed by atoms with Crippen LogP contribution in [0.1, 0.15) is 34.5 Å². The third-order valence-electron chi connectivity index (χ3n) is 5.71. The Hall–Kier alpha value is -2.92. The maximum Gasteiger partial charge on any atom is 0.273 e. The van der Waals surface area contributed by atoms with Crippen molar-refractivity contribution in [2.45, 2.75) is 24.8 Å². The summed E-state index contributed by atoms with van der Waals surface area (Å²) in [5.41, 5.74) is 2.89. The summed E-state index contributed by atoms with van der Waals surface area (Å²) in [4.78, 5) is 14.9. The fourth-order valence-corrected chi connectivity index (χ4v) is 4.01. The van der Waals surface area contributed by atoms with Crippen LogP contribution in [0.25, 0.3) is 0 Å². The first-order chi connectivity index (χ1) is 13.8. The number of hydrogen-bond donors (Lipinski definition) is 1. The summed E-state index contributed by atoms with van der Waals surface area (Å²) in [5, 5.41) is 6.82. The fourth-order valence-electron chi connectivity index (χ4n) is 4.01. The lowest BCUT2D eigenvalue weighted by Gasteiger charge is -2.42. The van der Waals surface area contributed by atoms with E-state index in [9.17, 15) is 4.79 Å². The number of carbonyl (C=O) groups excluding carboxylic acids is 1. The van der Waals surface area contributed by atoms with Gasteiger partial charge >= 0.3 is 0 Å². The van der Waals surface area contributed by atoms with Gasteiger partial charge in [0.1, 0.15) is 6.26 Å². The Morgan fingerprint density at radius 1 is 1.00 bits per heavy atom. The van der Waals surface area contributed by atoms with E-state index in [0.29, 0.717) is 12.2 Å². The molecular weight excluding hydrogens is 350 g/mol. The molecule has 2 aromatic carbocycles. The first-order valence-electron chi connectivity index (χ1n) is 9.76. The van der Waals surface area contributed by atoms with Crippen LogP contribution in [0.3, 0.4) is 0 Å². The van der Waals surface area contributed by atoms with Crippen LogP contribution in [0.4, 0.5) is 0 Å². The van der Waals surface area contributed by atoms with E-state index in [-0.39, 0.29) is 11.3 Å². The molecule has 1 N–H and O–H groups in total. The van der Waals surface area contributed by atoms with E-state index in [1.807, 2.05) is 6.07 Å². The van der Waals surface area contributed by atoms with Crippen LogP contribution in [0.5, 0.6) is 0 Å². The molecule has 0 atom stereocenters. The first kappa shape index (κ1) is 18.4. The molecule has 5 heteroatoms. The number of rotatable bonds is 6. The largest absolute Gasteiger partial charge is 0.364 e. The fraction of sp³-hybridized carbons (Fsp3) is 0.304. The summed E-state index contributed by atoms with van der Waals surface area (Å²) >= 11 is 0. The van der Waals surface area contributed by atoms with E-state index in [0.717, 1.165) is 32.5 Å². The van der Waals surface area contributed by atoms with Crippen LogP contribution in [-0.2, 0) is 12.0 Å². The molecule has 1 aromatic heterocycles. The number of likely N-dealkylation sites (tertiary alicyclic amines) is 1. The summed E-state index contributed by atoms with van der Waals surface area (Å²) in [6.07, 6.45) is 3.43. The Kier molecular flexibility index (Phi) is 5.53. The first-order valence-corrected chi connectivity index (χ1v) is 9.76. The Bertz CT molecular complexity index is 871. The van der Waals surface area contributed by atoms with Crippen molar-refractivity contribution < 1.29 is 9.32 Å². The van der Waals surface area contributed by atoms with E-state index < -0.39 is 0 Å². The van der Waals surface area contributed by atoms with Gasteiger partial charge in [-0.15, -0.1) is 0 Å². The quantitative estimate of drug-likeness (QED) is 0.715. The van der Waals surface area contributed by atoms with Crippen LogP contribution in [0.15, 0.2) is 77.5 Å². The number of nitrogens with zero attached hydrogens (tertiary/aromatic N) is 2. The standard InChI is InChI=1S/C23H25N3O2/c27-22(21-11-16-28-25-21)24-18-23(20-9-5-2-6-10-20)12-14-26(15-13-23)17-19-7-3-1-4-8-19/h1-11,16H,12-15,17-18H2,(H,24,27). The molecule has 1 aliphatic rings. The Morgan fingerprint density at radius 3 is 2.32 bits per heavy atom. The lowest BCUT2D eigenvalue weighted by atomic mass is 9.72. The monoisotopic (exact) mass is 375 g/mol. The second kappa shape index (κ2) is 8.40. The number of carbonyl (C=O) groups is 1. The molecule has 1 aliphatic heterocycles. The molecule has 0 spiro atoms. The molecular formula is C23H25N3O2. The number of amides is 1. The summed E-state index contributed by atoms with van der Waals surface area (Å²) in [7, 11) is 0. The van der Waals surface area contributed by atoms with Gasteiger partial charge < -0.3 is 9.84 Å². The van der Waals surface area contributed by atoms with E-state index in [1.54, 1.807) is 6.07 Å². The summed E-state index contributed by atoms with van der Waals surface area (Å²) in [6, 6.07) is 22.7. The predicted octanol–water partition coefficient (Wildman–Crippen LogP) is 3.64.